The Bertz CT molecular complexity index is 912. The number of nitrogens with zero attached hydrogens (tertiary/aromatic N) is 4. The van der Waals surface area contributed by atoms with Crippen molar-refractivity contribution >= 4 is 38.1 Å². The molecule has 1 saturated carbocycles. The third-order valence-corrected chi connectivity index (χ3v) is 5.85. The van der Waals surface area contributed by atoms with E-state index in [1.165, 1.54) is 11.3 Å². The number of rotatable bonds is 1. The van der Waals surface area contributed by atoms with Crippen molar-refractivity contribution in [1.82, 2.24) is 15.4 Å². The second-order valence-electron chi connectivity index (χ2n) is 6.42. The fourth-order valence-electron chi connectivity index (χ4n) is 3.56. The highest BCUT2D eigenvalue weighted by Crippen LogP contribution is 2.47. The molecule has 1 aliphatic carbocycles. The number of azo groups is 1. The molecule has 9 heteroatoms. The molecule has 0 unspecified atom stereocenters. The fraction of sp³-hybridized carbons (Fsp3) is 0.400. The summed E-state index contributed by atoms with van der Waals surface area (Å²) in [6.07, 6.45) is 2.61. The summed E-state index contributed by atoms with van der Waals surface area (Å²) in [6, 6.07) is 3.65. The fourth-order valence-corrected chi connectivity index (χ4v) is 4.44. The maximum atomic E-state index is 12.9. The summed E-state index contributed by atoms with van der Waals surface area (Å²) < 4.78 is 0.841. The van der Waals surface area contributed by atoms with Gasteiger partial charge in [-0.1, -0.05) is 11.3 Å². The number of fused-ring (bicyclic) bond motifs is 3. The molecule has 2 fully saturated rings. The Morgan fingerprint density at radius 2 is 2.17 bits per heavy atom. The van der Waals surface area contributed by atoms with Crippen molar-refractivity contribution in [2.75, 3.05) is 5.73 Å². The zero-order chi connectivity index (χ0) is 16.5. The summed E-state index contributed by atoms with van der Waals surface area (Å²) in [7, 11) is 0. The number of aromatic nitrogens is 1. The zero-order valence-corrected chi connectivity index (χ0v) is 13.5. The molecule has 5 rings (SSSR count). The normalized spacial score (nSPS) is 30.2. The number of aliphatic hydroxyl groups excluding tert-OH is 1. The second kappa shape index (κ2) is 4.65. The van der Waals surface area contributed by atoms with Crippen LogP contribution in [0.4, 0.5) is 10.8 Å². The summed E-state index contributed by atoms with van der Waals surface area (Å²) in [5.74, 6) is -0.187. The molecule has 124 valence electrons. The molecule has 0 radical (unpaired) electrons. The Hall–Kier alpha value is -2.23. The minimum absolute atomic E-state index is 0.187. The SMILES string of the molecule is Nc1nc2ccc3c(c2s1)C(=C([O-])N1NC12CCC(O)CC2)N=N3. The van der Waals surface area contributed by atoms with Crippen LogP contribution in [-0.2, 0) is 0 Å². The number of anilines is 1. The minimum Gasteiger partial charge on any atom is -0.858 e. The Morgan fingerprint density at radius 3 is 2.96 bits per heavy atom. The van der Waals surface area contributed by atoms with Crippen molar-refractivity contribution in [3.63, 3.8) is 0 Å². The zero-order valence-electron chi connectivity index (χ0n) is 12.7. The van der Waals surface area contributed by atoms with Crippen LogP contribution < -0.4 is 16.3 Å². The van der Waals surface area contributed by atoms with Crippen molar-refractivity contribution in [2.24, 2.45) is 10.2 Å². The summed E-state index contributed by atoms with van der Waals surface area (Å²) in [5.41, 5.74) is 11.1. The van der Waals surface area contributed by atoms with Crippen molar-refractivity contribution in [3.05, 3.63) is 23.6 Å². The highest BCUT2D eigenvalue weighted by Gasteiger charge is 2.53. The van der Waals surface area contributed by atoms with Crippen LogP contribution in [0.15, 0.2) is 28.2 Å². The topological polar surface area (TPSA) is 132 Å². The number of thiazole rings is 1. The average molecular weight is 343 g/mol. The van der Waals surface area contributed by atoms with Gasteiger partial charge < -0.3 is 15.9 Å². The Labute approximate surface area is 141 Å². The van der Waals surface area contributed by atoms with Crippen molar-refractivity contribution < 1.29 is 10.2 Å². The molecular formula is C15H15N6O2S-. The van der Waals surface area contributed by atoms with Gasteiger partial charge in [0.1, 0.15) is 11.4 Å². The monoisotopic (exact) mass is 343 g/mol. The van der Waals surface area contributed by atoms with E-state index in [9.17, 15) is 10.2 Å². The molecular weight excluding hydrogens is 328 g/mol. The highest BCUT2D eigenvalue weighted by molar-refractivity contribution is 7.22. The molecule has 3 aliphatic rings. The van der Waals surface area contributed by atoms with Gasteiger partial charge in [0.05, 0.1) is 27.6 Å². The van der Waals surface area contributed by atoms with Crippen LogP contribution in [0.5, 0.6) is 0 Å². The Morgan fingerprint density at radius 1 is 1.38 bits per heavy atom. The van der Waals surface area contributed by atoms with E-state index in [1.807, 2.05) is 12.1 Å². The van der Waals surface area contributed by atoms with Crippen molar-refractivity contribution in [2.45, 2.75) is 37.5 Å². The molecule has 8 nitrogen and oxygen atoms in total. The summed E-state index contributed by atoms with van der Waals surface area (Å²) in [6.45, 7) is 0. The van der Waals surface area contributed by atoms with E-state index in [1.54, 1.807) is 5.01 Å². The Kier molecular flexibility index (Phi) is 2.74. The number of hydrogen-bond donors (Lipinski definition) is 3. The van der Waals surface area contributed by atoms with Crippen LogP contribution >= 0.6 is 11.3 Å². The number of hydrazine groups is 1. The molecule has 2 aliphatic heterocycles. The summed E-state index contributed by atoms with van der Waals surface area (Å²) >= 11 is 1.34. The standard InChI is InChI=1S/C15H16N6O2S/c16-14-17-9-2-1-8-10(12(9)24-14)11(19-18-8)13(23)21-15(20-21)5-3-7(22)4-6-15/h1-2,7,20,22-23H,3-6H2,(H2,16,17)/p-1. The third-order valence-electron chi connectivity index (χ3n) is 4.93. The van der Waals surface area contributed by atoms with Crippen LogP contribution in [0.2, 0.25) is 0 Å². The number of nitrogens with one attached hydrogen (secondary N) is 1. The Balaban J connectivity index is 1.56. The average Bonchev–Trinajstić information content (AvgIpc) is 2.91. The van der Waals surface area contributed by atoms with Crippen LogP contribution in [0, 0.1) is 0 Å². The molecule has 0 bridgehead atoms. The van der Waals surface area contributed by atoms with E-state index in [0.29, 0.717) is 34.9 Å². The van der Waals surface area contributed by atoms with Crippen LogP contribution in [0.25, 0.3) is 15.9 Å². The molecule has 24 heavy (non-hydrogen) atoms. The molecule has 2 aromatic rings. The van der Waals surface area contributed by atoms with Gasteiger partial charge in [0.15, 0.2) is 5.13 Å². The maximum absolute atomic E-state index is 12.9. The van der Waals surface area contributed by atoms with Crippen LogP contribution in [0.3, 0.4) is 0 Å². The first-order valence-electron chi connectivity index (χ1n) is 7.86. The van der Waals surface area contributed by atoms with E-state index in [4.69, 9.17) is 5.73 Å². The van der Waals surface area contributed by atoms with Gasteiger partial charge in [0, 0.05) is 5.88 Å². The van der Waals surface area contributed by atoms with Gasteiger partial charge in [-0.05, 0) is 37.8 Å². The smallest absolute Gasteiger partial charge is 0.181 e. The van der Waals surface area contributed by atoms with Crippen LogP contribution in [-0.4, -0.2) is 26.9 Å². The number of hydrogen-bond acceptors (Lipinski definition) is 9. The molecule has 1 aromatic carbocycles. The lowest BCUT2D eigenvalue weighted by Crippen LogP contribution is -2.31. The second-order valence-corrected chi connectivity index (χ2v) is 7.45. The third kappa shape index (κ3) is 1.89. The van der Waals surface area contributed by atoms with Gasteiger partial charge in [-0.3, -0.25) is 5.01 Å². The van der Waals surface area contributed by atoms with E-state index in [-0.39, 0.29) is 17.6 Å². The van der Waals surface area contributed by atoms with Crippen molar-refractivity contribution in [3.8, 4) is 0 Å². The molecule has 1 spiro atoms. The highest BCUT2D eigenvalue weighted by atomic mass is 32.1. The van der Waals surface area contributed by atoms with Gasteiger partial charge in [-0.25, -0.2) is 10.4 Å². The molecule has 0 atom stereocenters. The molecule has 1 aromatic heterocycles. The lowest BCUT2D eigenvalue weighted by atomic mass is 9.90. The number of benzene rings is 1. The lowest BCUT2D eigenvalue weighted by molar-refractivity contribution is -0.325. The predicted molar refractivity (Wildman–Crippen MR) is 87.6 cm³/mol. The van der Waals surface area contributed by atoms with Crippen molar-refractivity contribution in [1.29, 1.82) is 0 Å². The maximum Gasteiger partial charge on any atom is 0.181 e. The van der Waals surface area contributed by atoms with E-state index >= 15 is 0 Å². The van der Waals surface area contributed by atoms with Gasteiger partial charge in [-0.2, -0.15) is 0 Å². The molecule has 0 amide bonds. The first-order chi connectivity index (χ1) is 11.6. The molecule has 3 heterocycles. The van der Waals surface area contributed by atoms with Gasteiger partial charge in [0.2, 0.25) is 0 Å². The van der Waals surface area contributed by atoms with E-state index in [2.05, 4.69) is 20.6 Å². The number of aliphatic hydroxyl groups is 1. The number of nitrogens with two attached hydrogens (primary N) is 1. The van der Waals surface area contributed by atoms with Gasteiger partial charge in [-0.15, -0.1) is 10.2 Å². The number of nitrogen functional groups attached to an aromatic ring is 1. The first-order valence-corrected chi connectivity index (χ1v) is 8.68. The quantitative estimate of drug-likeness (QED) is 0.530. The van der Waals surface area contributed by atoms with Gasteiger partial charge >= 0.3 is 0 Å². The van der Waals surface area contributed by atoms with E-state index in [0.717, 1.165) is 23.1 Å². The summed E-state index contributed by atoms with van der Waals surface area (Å²) in [5, 5.41) is 32.9. The summed E-state index contributed by atoms with van der Waals surface area (Å²) in [4.78, 5) is 4.27. The minimum atomic E-state index is -0.331. The van der Waals surface area contributed by atoms with Gasteiger partial charge in [0.25, 0.3) is 0 Å². The van der Waals surface area contributed by atoms with E-state index < -0.39 is 0 Å². The largest absolute Gasteiger partial charge is 0.858 e. The lowest BCUT2D eigenvalue weighted by Gasteiger charge is -2.26. The van der Waals surface area contributed by atoms with Crippen LogP contribution in [0.1, 0.15) is 31.2 Å². The predicted octanol–water partition coefficient (Wildman–Crippen LogP) is 1.41. The molecule has 4 N–H and O–H groups in total. The molecule has 1 saturated heterocycles. The first kappa shape index (κ1) is 14.1.